The highest BCUT2D eigenvalue weighted by atomic mass is 32.2. The fourth-order valence-electron chi connectivity index (χ4n) is 1.96. The SMILES string of the molecule is CS(=O)(=O)CCn1c(CC(N)=NO)nc2ccccc21. The first-order valence-corrected chi connectivity index (χ1v) is 8.05. The van der Waals surface area contributed by atoms with Crippen LogP contribution in [0, 0.1) is 0 Å². The number of sulfone groups is 1. The van der Waals surface area contributed by atoms with E-state index in [2.05, 4.69) is 10.1 Å². The summed E-state index contributed by atoms with van der Waals surface area (Å²) in [5.41, 5.74) is 7.09. The predicted molar refractivity (Wildman–Crippen MR) is 76.6 cm³/mol. The largest absolute Gasteiger partial charge is 0.409 e. The number of imidazole rings is 1. The molecule has 0 saturated carbocycles. The van der Waals surface area contributed by atoms with Crippen molar-refractivity contribution < 1.29 is 13.6 Å². The van der Waals surface area contributed by atoms with Gasteiger partial charge in [0.05, 0.1) is 23.2 Å². The molecule has 2 aromatic rings. The number of para-hydroxylation sites is 2. The molecule has 0 atom stereocenters. The van der Waals surface area contributed by atoms with Gasteiger partial charge in [0.15, 0.2) is 0 Å². The number of hydrogen-bond donors (Lipinski definition) is 2. The molecule has 8 heteroatoms. The Morgan fingerprint density at radius 1 is 1.45 bits per heavy atom. The highest BCUT2D eigenvalue weighted by molar-refractivity contribution is 7.90. The maximum atomic E-state index is 11.3. The van der Waals surface area contributed by atoms with Gasteiger partial charge in [0.25, 0.3) is 0 Å². The van der Waals surface area contributed by atoms with E-state index < -0.39 is 9.84 Å². The lowest BCUT2D eigenvalue weighted by Crippen LogP contribution is -2.20. The molecule has 0 aliphatic carbocycles. The van der Waals surface area contributed by atoms with Crippen LogP contribution in [0.3, 0.4) is 0 Å². The molecule has 0 fully saturated rings. The van der Waals surface area contributed by atoms with Gasteiger partial charge >= 0.3 is 0 Å². The smallest absolute Gasteiger partial charge is 0.149 e. The normalized spacial score (nSPS) is 12.9. The molecule has 108 valence electrons. The zero-order valence-corrected chi connectivity index (χ0v) is 11.8. The number of fused-ring (bicyclic) bond motifs is 1. The predicted octanol–water partition coefficient (Wildman–Crippen LogP) is 0.370. The molecule has 0 aliphatic rings. The molecule has 0 unspecified atom stereocenters. The van der Waals surface area contributed by atoms with Crippen molar-refractivity contribution in [2.24, 2.45) is 10.9 Å². The van der Waals surface area contributed by atoms with Gasteiger partial charge in [-0.25, -0.2) is 13.4 Å². The molecule has 0 radical (unpaired) electrons. The lowest BCUT2D eigenvalue weighted by molar-refractivity contribution is 0.317. The number of aryl methyl sites for hydroxylation is 1. The van der Waals surface area contributed by atoms with Gasteiger partial charge in [-0.05, 0) is 12.1 Å². The Hall–Kier alpha value is -2.09. The van der Waals surface area contributed by atoms with Crippen LogP contribution in [0.2, 0.25) is 0 Å². The molecule has 0 amide bonds. The van der Waals surface area contributed by atoms with Crippen molar-refractivity contribution in [3.05, 3.63) is 30.1 Å². The van der Waals surface area contributed by atoms with Gasteiger partial charge in [0.2, 0.25) is 0 Å². The fourth-order valence-corrected chi connectivity index (χ4v) is 2.48. The van der Waals surface area contributed by atoms with E-state index in [0.717, 1.165) is 11.0 Å². The summed E-state index contributed by atoms with van der Waals surface area (Å²) in [6.45, 7) is 0.285. The van der Waals surface area contributed by atoms with E-state index in [0.29, 0.717) is 5.82 Å². The van der Waals surface area contributed by atoms with E-state index in [1.165, 1.54) is 6.26 Å². The number of amidine groups is 1. The van der Waals surface area contributed by atoms with Crippen molar-refractivity contribution in [1.29, 1.82) is 0 Å². The Morgan fingerprint density at radius 2 is 2.15 bits per heavy atom. The molecule has 3 N–H and O–H groups in total. The van der Waals surface area contributed by atoms with Crippen molar-refractivity contribution in [1.82, 2.24) is 9.55 Å². The number of nitrogens with two attached hydrogens (primary N) is 1. The number of benzene rings is 1. The van der Waals surface area contributed by atoms with E-state index in [9.17, 15) is 8.42 Å². The minimum atomic E-state index is -3.08. The number of rotatable bonds is 5. The zero-order chi connectivity index (χ0) is 14.8. The first-order valence-electron chi connectivity index (χ1n) is 5.99. The summed E-state index contributed by atoms with van der Waals surface area (Å²) in [6, 6.07) is 7.40. The van der Waals surface area contributed by atoms with Crippen LogP contribution in [-0.2, 0) is 22.8 Å². The monoisotopic (exact) mass is 296 g/mol. The van der Waals surface area contributed by atoms with Crippen molar-refractivity contribution in [2.75, 3.05) is 12.0 Å². The third-order valence-electron chi connectivity index (χ3n) is 2.89. The van der Waals surface area contributed by atoms with E-state index >= 15 is 0 Å². The number of nitrogens with zero attached hydrogens (tertiary/aromatic N) is 3. The van der Waals surface area contributed by atoms with Gasteiger partial charge in [0.1, 0.15) is 21.5 Å². The third-order valence-corrected chi connectivity index (χ3v) is 3.81. The van der Waals surface area contributed by atoms with E-state index in [-0.39, 0.29) is 24.6 Å². The molecule has 20 heavy (non-hydrogen) atoms. The van der Waals surface area contributed by atoms with Gasteiger partial charge in [-0.3, -0.25) is 0 Å². The summed E-state index contributed by atoms with van der Waals surface area (Å²) in [6.07, 6.45) is 1.35. The molecule has 2 rings (SSSR count). The average molecular weight is 296 g/mol. The Kier molecular flexibility index (Phi) is 3.93. The quantitative estimate of drug-likeness (QED) is 0.358. The van der Waals surface area contributed by atoms with E-state index in [1.54, 1.807) is 4.57 Å². The van der Waals surface area contributed by atoms with Crippen LogP contribution >= 0.6 is 0 Å². The van der Waals surface area contributed by atoms with E-state index in [4.69, 9.17) is 10.9 Å². The second-order valence-corrected chi connectivity index (χ2v) is 6.83. The Labute approximate surface area is 116 Å². The molecule has 7 nitrogen and oxygen atoms in total. The minimum absolute atomic E-state index is 0.0104. The minimum Gasteiger partial charge on any atom is -0.409 e. The van der Waals surface area contributed by atoms with Crippen LogP contribution in [-0.4, -0.2) is 41.0 Å². The highest BCUT2D eigenvalue weighted by Gasteiger charge is 2.13. The molecule has 1 heterocycles. The van der Waals surface area contributed by atoms with Crippen LogP contribution < -0.4 is 5.73 Å². The number of aromatic nitrogens is 2. The van der Waals surface area contributed by atoms with Crippen molar-refractivity contribution in [3.63, 3.8) is 0 Å². The summed E-state index contributed by atoms with van der Waals surface area (Å²) >= 11 is 0. The van der Waals surface area contributed by atoms with Gasteiger partial charge in [0, 0.05) is 12.8 Å². The summed E-state index contributed by atoms with van der Waals surface area (Å²) in [5.74, 6) is 0.613. The molecule has 0 aliphatic heterocycles. The second kappa shape index (κ2) is 5.49. The lowest BCUT2D eigenvalue weighted by atomic mass is 10.3. The van der Waals surface area contributed by atoms with Crippen molar-refractivity contribution in [3.8, 4) is 0 Å². The Morgan fingerprint density at radius 3 is 2.80 bits per heavy atom. The maximum absolute atomic E-state index is 11.3. The summed E-state index contributed by atoms with van der Waals surface area (Å²) < 4.78 is 24.4. The number of hydrogen-bond acceptors (Lipinski definition) is 5. The summed E-state index contributed by atoms with van der Waals surface area (Å²) in [7, 11) is -3.08. The van der Waals surface area contributed by atoms with Gasteiger partial charge < -0.3 is 15.5 Å². The lowest BCUT2D eigenvalue weighted by Gasteiger charge is -2.08. The second-order valence-electron chi connectivity index (χ2n) is 4.57. The molecular formula is C12H16N4O3S. The van der Waals surface area contributed by atoms with Crippen LogP contribution in [0.5, 0.6) is 0 Å². The molecule has 0 saturated heterocycles. The molecule has 0 spiro atoms. The van der Waals surface area contributed by atoms with Gasteiger partial charge in [-0.1, -0.05) is 17.3 Å². The average Bonchev–Trinajstić information content (AvgIpc) is 2.72. The van der Waals surface area contributed by atoms with Crippen LogP contribution in [0.1, 0.15) is 5.82 Å². The maximum Gasteiger partial charge on any atom is 0.149 e. The van der Waals surface area contributed by atoms with Gasteiger partial charge in [-0.15, -0.1) is 0 Å². The fraction of sp³-hybridized carbons (Fsp3) is 0.333. The first-order chi connectivity index (χ1) is 9.40. The topological polar surface area (TPSA) is 111 Å². The molecule has 1 aromatic carbocycles. The summed E-state index contributed by atoms with van der Waals surface area (Å²) in [4.78, 5) is 4.40. The van der Waals surface area contributed by atoms with Crippen LogP contribution in [0.15, 0.2) is 29.4 Å². The standard InChI is InChI=1S/C12H16N4O3S/c1-20(18,19)7-6-16-10-5-3-2-4-9(10)14-12(16)8-11(13)15-17/h2-5,17H,6-8H2,1H3,(H2,13,15). The molecular weight excluding hydrogens is 280 g/mol. The van der Waals surface area contributed by atoms with Crippen LogP contribution in [0.4, 0.5) is 0 Å². The van der Waals surface area contributed by atoms with Crippen molar-refractivity contribution >= 4 is 26.7 Å². The van der Waals surface area contributed by atoms with Gasteiger partial charge in [-0.2, -0.15) is 0 Å². The van der Waals surface area contributed by atoms with Crippen molar-refractivity contribution in [2.45, 2.75) is 13.0 Å². The third kappa shape index (κ3) is 3.27. The summed E-state index contributed by atoms with van der Waals surface area (Å²) in [5, 5.41) is 11.6. The number of oxime groups is 1. The zero-order valence-electron chi connectivity index (χ0n) is 11.0. The van der Waals surface area contributed by atoms with Crippen LogP contribution in [0.25, 0.3) is 11.0 Å². The molecule has 1 aromatic heterocycles. The molecule has 0 bridgehead atoms. The Balaban J connectivity index is 2.44. The van der Waals surface area contributed by atoms with E-state index in [1.807, 2.05) is 24.3 Å². The highest BCUT2D eigenvalue weighted by Crippen LogP contribution is 2.16. The first kappa shape index (κ1) is 14.3. The Bertz CT molecular complexity index is 749.